The van der Waals surface area contributed by atoms with E-state index in [0.717, 1.165) is 22.4 Å². The van der Waals surface area contributed by atoms with Gasteiger partial charge in [0.15, 0.2) is 0 Å². The van der Waals surface area contributed by atoms with Crippen molar-refractivity contribution in [2.75, 3.05) is 13.2 Å². The molecule has 7 heteroatoms. The van der Waals surface area contributed by atoms with Crippen LogP contribution in [0.25, 0.3) is 33.1 Å². The van der Waals surface area contributed by atoms with E-state index in [1.807, 2.05) is 49.4 Å². The van der Waals surface area contributed by atoms with Crippen molar-refractivity contribution in [2.45, 2.75) is 31.1 Å². The monoisotopic (exact) mass is 465 g/mol. The van der Waals surface area contributed by atoms with Gasteiger partial charge in [0.2, 0.25) is 5.43 Å². The first kappa shape index (κ1) is 23.4. The summed E-state index contributed by atoms with van der Waals surface area (Å²) in [6.07, 6.45) is 0.923. The summed E-state index contributed by atoms with van der Waals surface area (Å²) in [7, 11) is 2.60. The summed E-state index contributed by atoms with van der Waals surface area (Å²) in [5, 5.41) is 19.8. The number of ether oxygens (including phenoxy) is 1. The largest absolute Gasteiger partial charge is 0.487 e. The van der Waals surface area contributed by atoms with E-state index in [1.54, 1.807) is 18.2 Å². The van der Waals surface area contributed by atoms with Crippen molar-refractivity contribution in [3.05, 3.63) is 76.5 Å². The van der Waals surface area contributed by atoms with E-state index in [2.05, 4.69) is 9.24 Å². The molecule has 0 spiro atoms. The first-order valence-electron chi connectivity index (χ1n) is 10.8. The third-order valence-electron chi connectivity index (χ3n) is 5.79. The lowest BCUT2D eigenvalue weighted by atomic mass is 9.93. The van der Waals surface area contributed by atoms with Crippen molar-refractivity contribution in [1.82, 2.24) is 0 Å². The molecule has 0 bridgehead atoms. The van der Waals surface area contributed by atoms with E-state index < -0.39 is 5.54 Å². The number of hydrogen-bond donors (Lipinski definition) is 3. The van der Waals surface area contributed by atoms with Gasteiger partial charge >= 0.3 is 0 Å². The minimum Gasteiger partial charge on any atom is -0.487 e. The van der Waals surface area contributed by atoms with Gasteiger partial charge in [0.25, 0.3) is 0 Å². The molecule has 4 N–H and O–H groups in total. The third kappa shape index (κ3) is 5.10. The Morgan fingerprint density at radius 3 is 2.33 bits per heavy atom. The van der Waals surface area contributed by atoms with Gasteiger partial charge in [0, 0.05) is 0 Å². The minimum absolute atomic E-state index is 0.0294. The van der Waals surface area contributed by atoms with E-state index in [0.29, 0.717) is 34.8 Å². The number of aryl methyl sites for hydroxylation is 1. The van der Waals surface area contributed by atoms with Crippen LogP contribution in [0.5, 0.6) is 5.75 Å². The van der Waals surface area contributed by atoms with E-state index in [1.165, 1.54) is 0 Å². The van der Waals surface area contributed by atoms with Crippen molar-refractivity contribution in [3.8, 4) is 16.9 Å². The maximum Gasteiger partial charge on any atom is 0.200 e. The molecular weight excluding hydrogens is 437 g/mol. The fourth-order valence-corrected chi connectivity index (χ4v) is 3.94. The van der Waals surface area contributed by atoms with Crippen LogP contribution in [0, 0.1) is 0 Å². The van der Waals surface area contributed by atoms with Crippen molar-refractivity contribution in [1.29, 1.82) is 0 Å². The molecule has 2 atom stereocenters. The molecule has 0 aliphatic rings. The van der Waals surface area contributed by atoms with Crippen molar-refractivity contribution >= 4 is 31.2 Å². The normalized spacial score (nSPS) is 12.9. The van der Waals surface area contributed by atoms with Gasteiger partial charge in [-0.3, -0.25) is 4.79 Å². The lowest BCUT2D eigenvalue weighted by Crippen LogP contribution is -2.47. The Morgan fingerprint density at radius 1 is 0.970 bits per heavy atom. The SMILES string of the molecule is CC(P)Oc1ccc(-c2ccc3c(=O)c4cc(CCC(N)(CO)CO)ccc4oc3c2)cc1. The maximum absolute atomic E-state index is 13.2. The number of aliphatic hydroxyl groups excluding tert-OH is 2. The molecule has 2 unspecified atom stereocenters. The van der Waals surface area contributed by atoms with Gasteiger partial charge in [-0.2, -0.15) is 0 Å². The molecule has 0 amide bonds. The van der Waals surface area contributed by atoms with Crippen molar-refractivity contribution in [2.24, 2.45) is 5.73 Å². The van der Waals surface area contributed by atoms with E-state index in [4.69, 9.17) is 14.9 Å². The molecular formula is C26H28NO5P. The third-order valence-corrected chi connectivity index (χ3v) is 5.92. The fourth-order valence-electron chi connectivity index (χ4n) is 3.78. The van der Waals surface area contributed by atoms with Gasteiger partial charge in [-0.05, 0) is 72.9 Å². The summed E-state index contributed by atoms with van der Waals surface area (Å²) in [5.74, 6) is 0.821. The first-order chi connectivity index (χ1) is 15.8. The molecule has 0 saturated heterocycles. The van der Waals surface area contributed by atoms with Crippen molar-refractivity contribution < 1.29 is 19.4 Å². The number of hydrogen-bond acceptors (Lipinski definition) is 6. The number of fused-ring (bicyclic) bond motifs is 2. The Kier molecular flexibility index (Phi) is 6.82. The summed E-state index contributed by atoms with van der Waals surface area (Å²) < 4.78 is 11.7. The Labute approximate surface area is 194 Å². The second kappa shape index (κ2) is 9.62. The molecule has 172 valence electrons. The Balaban J connectivity index is 1.66. The van der Waals surface area contributed by atoms with Crippen LogP contribution in [0.1, 0.15) is 18.9 Å². The summed E-state index contributed by atoms with van der Waals surface area (Å²) in [5.41, 5.74) is 8.69. The van der Waals surface area contributed by atoms with Crippen LogP contribution in [0.15, 0.2) is 69.9 Å². The summed E-state index contributed by atoms with van der Waals surface area (Å²) in [4.78, 5) is 13.2. The topological polar surface area (TPSA) is 106 Å². The number of nitrogens with two attached hydrogens (primary N) is 1. The van der Waals surface area contributed by atoms with E-state index in [9.17, 15) is 15.0 Å². The van der Waals surface area contributed by atoms with Crippen LogP contribution in [0.3, 0.4) is 0 Å². The molecule has 0 saturated carbocycles. The van der Waals surface area contributed by atoms with Crippen LogP contribution in [0.2, 0.25) is 0 Å². The molecule has 0 aliphatic carbocycles. The molecule has 4 rings (SSSR count). The molecule has 6 nitrogen and oxygen atoms in total. The lowest BCUT2D eigenvalue weighted by Gasteiger charge is -2.24. The Morgan fingerprint density at radius 2 is 1.67 bits per heavy atom. The molecule has 33 heavy (non-hydrogen) atoms. The molecule has 0 radical (unpaired) electrons. The highest BCUT2D eigenvalue weighted by atomic mass is 31.0. The van der Waals surface area contributed by atoms with E-state index in [-0.39, 0.29) is 24.5 Å². The smallest absolute Gasteiger partial charge is 0.200 e. The molecule has 1 aromatic heterocycles. The van der Waals surface area contributed by atoms with Crippen LogP contribution in [-0.4, -0.2) is 34.8 Å². The van der Waals surface area contributed by atoms with E-state index >= 15 is 0 Å². The van der Waals surface area contributed by atoms with Crippen LogP contribution in [0.4, 0.5) is 0 Å². The predicted octanol–water partition coefficient (Wildman–Crippen LogP) is 3.83. The second-order valence-electron chi connectivity index (χ2n) is 8.50. The van der Waals surface area contributed by atoms with Gasteiger partial charge < -0.3 is 25.1 Å². The molecule has 0 aliphatic heterocycles. The average Bonchev–Trinajstić information content (AvgIpc) is 2.82. The highest BCUT2D eigenvalue weighted by molar-refractivity contribution is 7.17. The summed E-state index contributed by atoms with van der Waals surface area (Å²) in [6, 6.07) is 18.8. The molecule has 4 aromatic rings. The summed E-state index contributed by atoms with van der Waals surface area (Å²) in [6.45, 7) is 1.34. The van der Waals surface area contributed by atoms with Gasteiger partial charge in [0.05, 0.1) is 29.5 Å². The van der Waals surface area contributed by atoms with Gasteiger partial charge in [0.1, 0.15) is 22.8 Å². The fraction of sp³-hybridized carbons (Fsp3) is 0.269. The molecule has 1 heterocycles. The number of aliphatic hydroxyl groups is 2. The maximum atomic E-state index is 13.2. The van der Waals surface area contributed by atoms with Crippen LogP contribution >= 0.6 is 9.24 Å². The molecule has 3 aromatic carbocycles. The van der Waals surface area contributed by atoms with Crippen LogP contribution < -0.4 is 15.9 Å². The Hall–Kier alpha value is -2.76. The zero-order valence-electron chi connectivity index (χ0n) is 18.5. The van der Waals surface area contributed by atoms with Gasteiger partial charge in [-0.15, -0.1) is 0 Å². The number of rotatable bonds is 8. The van der Waals surface area contributed by atoms with Gasteiger partial charge in [-0.25, -0.2) is 0 Å². The Bertz CT molecular complexity index is 1330. The molecule has 0 fully saturated rings. The second-order valence-corrected chi connectivity index (χ2v) is 9.44. The highest BCUT2D eigenvalue weighted by Gasteiger charge is 2.22. The van der Waals surface area contributed by atoms with Crippen LogP contribution in [-0.2, 0) is 6.42 Å². The number of benzene rings is 3. The standard InChI is InChI=1S/C26H28NO5P/c1-16(33)31-20-6-3-18(4-7-20)19-5-8-21-24(13-19)32-23-9-2-17(12-22(23)25(21)30)10-11-26(27,14-28)15-29/h2-9,12-13,16,28-29H,10-11,14-15,27,33H2,1H3. The zero-order valence-corrected chi connectivity index (χ0v) is 19.6. The highest BCUT2D eigenvalue weighted by Crippen LogP contribution is 2.28. The zero-order chi connectivity index (χ0) is 23.6. The summed E-state index contributed by atoms with van der Waals surface area (Å²) >= 11 is 0. The lowest BCUT2D eigenvalue weighted by molar-refractivity contribution is 0.115. The van der Waals surface area contributed by atoms with Crippen molar-refractivity contribution in [3.63, 3.8) is 0 Å². The minimum atomic E-state index is -1.04. The average molecular weight is 465 g/mol. The first-order valence-corrected chi connectivity index (χ1v) is 11.5. The van der Waals surface area contributed by atoms with Gasteiger partial charge in [-0.1, -0.05) is 33.5 Å². The predicted molar refractivity (Wildman–Crippen MR) is 135 cm³/mol. The quantitative estimate of drug-likeness (QED) is 0.270.